The molecule has 0 atom stereocenters. The number of amides is 1. The molecule has 0 heterocycles. The van der Waals surface area contributed by atoms with Gasteiger partial charge in [0, 0.05) is 25.3 Å². The minimum atomic E-state index is 0.341. The molecule has 0 aromatic heterocycles. The molecule has 0 bridgehead atoms. The molecule has 1 fully saturated rings. The molecular formula is C13H24BrNO. The Hall–Kier alpha value is -0.0500. The predicted molar refractivity (Wildman–Crippen MR) is 71.9 cm³/mol. The van der Waals surface area contributed by atoms with E-state index in [1.165, 1.54) is 38.5 Å². The normalized spacial score (nSPS) is 18.1. The Morgan fingerprint density at radius 1 is 1.25 bits per heavy atom. The van der Waals surface area contributed by atoms with Crippen molar-refractivity contribution < 1.29 is 4.79 Å². The van der Waals surface area contributed by atoms with Crippen LogP contribution in [0.15, 0.2) is 0 Å². The molecule has 0 N–H and O–H groups in total. The van der Waals surface area contributed by atoms with Crippen molar-refractivity contribution in [1.29, 1.82) is 0 Å². The fraction of sp³-hybridized carbons (Fsp3) is 0.923. The van der Waals surface area contributed by atoms with Gasteiger partial charge in [-0.3, -0.25) is 4.79 Å². The monoisotopic (exact) mass is 289 g/mol. The van der Waals surface area contributed by atoms with E-state index in [4.69, 9.17) is 0 Å². The van der Waals surface area contributed by atoms with Crippen molar-refractivity contribution in [1.82, 2.24) is 4.90 Å². The van der Waals surface area contributed by atoms with Gasteiger partial charge in [0.05, 0.1) is 0 Å². The molecule has 0 saturated heterocycles. The highest BCUT2D eigenvalue weighted by atomic mass is 79.9. The number of hydrogen-bond acceptors (Lipinski definition) is 1. The fourth-order valence-electron chi connectivity index (χ4n) is 2.39. The summed E-state index contributed by atoms with van der Waals surface area (Å²) in [6.07, 6.45) is 9.72. The lowest BCUT2D eigenvalue weighted by Gasteiger charge is -2.20. The highest BCUT2D eigenvalue weighted by molar-refractivity contribution is 9.09. The second kappa shape index (κ2) is 8.10. The molecular weight excluding hydrogens is 266 g/mol. The van der Waals surface area contributed by atoms with Gasteiger partial charge in [-0.1, -0.05) is 41.6 Å². The van der Waals surface area contributed by atoms with Crippen molar-refractivity contribution >= 4 is 21.8 Å². The highest BCUT2D eigenvalue weighted by Crippen LogP contribution is 2.25. The SMILES string of the molecule is CN(CCCBr)C(=O)CC1CCCCCC1. The number of carbonyl (C=O) groups excluding carboxylic acids is 1. The lowest BCUT2D eigenvalue weighted by atomic mass is 9.96. The van der Waals surface area contributed by atoms with E-state index in [1.807, 2.05) is 11.9 Å². The van der Waals surface area contributed by atoms with Crippen LogP contribution in [-0.4, -0.2) is 29.7 Å². The lowest BCUT2D eigenvalue weighted by Crippen LogP contribution is -2.29. The zero-order valence-corrected chi connectivity index (χ0v) is 12.0. The van der Waals surface area contributed by atoms with Crippen molar-refractivity contribution in [2.75, 3.05) is 18.9 Å². The third-order valence-corrected chi connectivity index (χ3v) is 4.05. The van der Waals surface area contributed by atoms with Crippen LogP contribution in [0.1, 0.15) is 51.4 Å². The first-order chi connectivity index (χ1) is 7.74. The number of nitrogens with zero attached hydrogens (tertiary/aromatic N) is 1. The maximum Gasteiger partial charge on any atom is 0.222 e. The number of hydrogen-bond donors (Lipinski definition) is 0. The number of halogens is 1. The fourth-order valence-corrected chi connectivity index (χ4v) is 2.64. The van der Waals surface area contributed by atoms with Crippen LogP contribution >= 0.6 is 15.9 Å². The Labute approximate surface area is 108 Å². The minimum Gasteiger partial charge on any atom is -0.346 e. The summed E-state index contributed by atoms with van der Waals surface area (Å²) in [5.41, 5.74) is 0. The molecule has 0 aliphatic heterocycles. The Morgan fingerprint density at radius 3 is 2.44 bits per heavy atom. The Kier molecular flexibility index (Phi) is 7.10. The predicted octanol–water partition coefficient (Wildman–Crippen LogP) is 3.59. The maximum atomic E-state index is 11.9. The molecule has 0 unspecified atom stereocenters. The summed E-state index contributed by atoms with van der Waals surface area (Å²) in [4.78, 5) is 13.8. The second-order valence-electron chi connectivity index (χ2n) is 4.92. The molecule has 0 radical (unpaired) electrons. The molecule has 0 spiro atoms. The van der Waals surface area contributed by atoms with Crippen LogP contribution in [0.2, 0.25) is 0 Å². The van der Waals surface area contributed by atoms with Gasteiger partial charge in [0.1, 0.15) is 0 Å². The van der Waals surface area contributed by atoms with Crippen LogP contribution in [0.5, 0.6) is 0 Å². The van der Waals surface area contributed by atoms with Crippen molar-refractivity contribution in [3.63, 3.8) is 0 Å². The van der Waals surface area contributed by atoms with Gasteiger partial charge in [0.15, 0.2) is 0 Å². The van der Waals surface area contributed by atoms with E-state index < -0.39 is 0 Å². The van der Waals surface area contributed by atoms with E-state index in [0.29, 0.717) is 11.8 Å². The van der Waals surface area contributed by atoms with Crippen LogP contribution in [0, 0.1) is 5.92 Å². The highest BCUT2D eigenvalue weighted by Gasteiger charge is 2.17. The third kappa shape index (κ3) is 5.33. The second-order valence-corrected chi connectivity index (χ2v) is 5.71. The van der Waals surface area contributed by atoms with E-state index in [-0.39, 0.29) is 0 Å². The van der Waals surface area contributed by atoms with E-state index in [1.54, 1.807) is 0 Å². The average Bonchev–Trinajstić information content (AvgIpc) is 2.54. The first-order valence-corrected chi connectivity index (χ1v) is 7.66. The summed E-state index contributed by atoms with van der Waals surface area (Å²) in [5.74, 6) is 0.995. The molecule has 16 heavy (non-hydrogen) atoms. The van der Waals surface area contributed by atoms with Gasteiger partial charge in [-0.05, 0) is 25.2 Å². The number of rotatable bonds is 5. The Balaban J connectivity index is 2.25. The van der Waals surface area contributed by atoms with Gasteiger partial charge in [-0.2, -0.15) is 0 Å². The molecule has 1 aliphatic carbocycles. The average molecular weight is 290 g/mol. The summed E-state index contributed by atoms with van der Waals surface area (Å²) in [6.45, 7) is 0.886. The topological polar surface area (TPSA) is 20.3 Å². The number of carbonyl (C=O) groups is 1. The van der Waals surface area contributed by atoms with Crippen LogP contribution in [0.25, 0.3) is 0 Å². The summed E-state index contributed by atoms with van der Waals surface area (Å²) in [6, 6.07) is 0. The largest absolute Gasteiger partial charge is 0.346 e. The van der Waals surface area contributed by atoms with Gasteiger partial charge in [-0.25, -0.2) is 0 Å². The first-order valence-electron chi connectivity index (χ1n) is 6.54. The van der Waals surface area contributed by atoms with Crippen LogP contribution in [0.4, 0.5) is 0 Å². The maximum absolute atomic E-state index is 11.9. The van der Waals surface area contributed by atoms with Crippen LogP contribution in [-0.2, 0) is 4.79 Å². The van der Waals surface area contributed by atoms with Gasteiger partial charge in [-0.15, -0.1) is 0 Å². The minimum absolute atomic E-state index is 0.341. The summed E-state index contributed by atoms with van der Waals surface area (Å²) in [7, 11) is 1.93. The van der Waals surface area contributed by atoms with Crippen LogP contribution < -0.4 is 0 Å². The van der Waals surface area contributed by atoms with Gasteiger partial charge >= 0.3 is 0 Å². The van der Waals surface area contributed by atoms with Crippen molar-refractivity contribution in [3.05, 3.63) is 0 Å². The molecule has 3 heteroatoms. The molecule has 1 aliphatic rings. The molecule has 0 aromatic carbocycles. The standard InChI is InChI=1S/C13H24BrNO/c1-15(10-6-9-14)13(16)11-12-7-4-2-3-5-8-12/h12H,2-11H2,1H3. The molecule has 1 saturated carbocycles. The van der Waals surface area contributed by atoms with Gasteiger partial charge in [0.2, 0.25) is 5.91 Å². The van der Waals surface area contributed by atoms with Crippen molar-refractivity contribution in [2.45, 2.75) is 51.4 Å². The van der Waals surface area contributed by atoms with E-state index in [2.05, 4.69) is 15.9 Å². The molecule has 2 nitrogen and oxygen atoms in total. The quantitative estimate of drug-likeness (QED) is 0.559. The summed E-state index contributed by atoms with van der Waals surface area (Å²) < 4.78 is 0. The molecule has 1 rings (SSSR count). The summed E-state index contributed by atoms with van der Waals surface area (Å²) in [5, 5.41) is 0.980. The first kappa shape index (κ1) is 14.0. The zero-order chi connectivity index (χ0) is 11.8. The zero-order valence-electron chi connectivity index (χ0n) is 10.4. The van der Waals surface area contributed by atoms with E-state index in [0.717, 1.165) is 24.7 Å². The smallest absolute Gasteiger partial charge is 0.222 e. The van der Waals surface area contributed by atoms with Gasteiger partial charge in [0.25, 0.3) is 0 Å². The Morgan fingerprint density at radius 2 is 1.88 bits per heavy atom. The van der Waals surface area contributed by atoms with E-state index >= 15 is 0 Å². The Bertz CT molecular complexity index is 200. The third-order valence-electron chi connectivity index (χ3n) is 3.49. The van der Waals surface area contributed by atoms with E-state index in [9.17, 15) is 4.79 Å². The van der Waals surface area contributed by atoms with Crippen molar-refractivity contribution in [2.24, 2.45) is 5.92 Å². The lowest BCUT2D eigenvalue weighted by molar-refractivity contribution is -0.131. The van der Waals surface area contributed by atoms with Gasteiger partial charge < -0.3 is 4.90 Å². The summed E-state index contributed by atoms with van der Waals surface area (Å²) >= 11 is 3.40. The number of alkyl halides is 1. The van der Waals surface area contributed by atoms with Crippen LogP contribution in [0.3, 0.4) is 0 Å². The van der Waals surface area contributed by atoms with Crippen molar-refractivity contribution in [3.8, 4) is 0 Å². The molecule has 0 aromatic rings. The molecule has 1 amide bonds. The molecule has 94 valence electrons.